The highest BCUT2D eigenvalue weighted by molar-refractivity contribution is 7.56. The molecule has 1 atom stereocenters. The SMILES string of the molecule is CCN(CC)P1(=NC(C)(C)C)NCCC[N+]1(C)C. The molecule has 0 amide bonds. The highest BCUT2D eigenvalue weighted by Gasteiger charge is 2.45. The van der Waals surface area contributed by atoms with E-state index in [0.717, 1.165) is 23.9 Å². The Bertz CT molecular complexity index is 326. The average molecular weight is 275 g/mol. The van der Waals surface area contributed by atoms with Gasteiger partial charge in [-0.2, -0.15) is 0 Å². The second-order valence-electron chi connectivity index (χ2n) is 6.58. The summed E-state index contributed by atoms with van der Waals surface area (Å²) in [5.41, 5.74) is 0.0101. The Morgan fingerprint density at radius 3 is 2.17 bits per heavy atom. The summed E-state index contributed by atoms with van der Waals surface area (Å²) in [7, 11) is 3.00. The molecule has 1 saturated heterocycles. The topological polar surface area (TPSA) is 27.6 Å². The third-order valence-electron chi connectivity index (χ3n) is 3.52. The van der Waals surface area contributed by atoms with Gasteiger partial charge < -0.3 is 0 Å². The lowest BCUT2D eigenvalue weighted by molar-refractivity contribution is -0.774. The van der Waals surface area contributed by atoms with Crippen molar-refractivity contribution in [3.05, 3.63) is 0 Å². The van der Waals surface area contributed by atoms with E-state index in [1.165, 1.54) is 13.0 Å². The third-order valence-corrected chi connectivity index (χ3v) is 8.12. The van der Waals surface area contributed by atoms with E-state index in [9.17, 15) is 0 Å². The quantitative estimate of drug-likeness (QED) is 0.801. The van der Waals surface area contributed by atoms with Gasteiger partial charge in [-0.3, -0.25) is 4.25 Å². The largest absolute Gasteiger partial charge is 0.282 e. The molecule has 1 N–H and O–H groups in total. The first-order chi connectivity index (χ1) is 8.18. The van der Waals surface area contributed by atoms with Crippen LogP contribution in [0.1, 0.15) is 41.0 Å². The van der Waals surface area contributed by atoms with E-state index in [2.05, 4.69) is 58.5 Å². The molecule has 18 heavy (non-hydrogen) atoms. The summed E-state index contributed by atoms with van der Waals surface area (Å²) in [4.78, 5) is 0. The monoisotopic (exact) mass is 275 g/mol. The Kier molecular flexibility index (Phi) is 5.05. The molecule has 1 aliphatic heterocycles. The van der Waals surface area contributed by atoms with Crippen LogP contribution in [0.5, 0.6) is 0 Å². The number of nitrogens with one attached hydrogen (secondary N) is 1. The molecule has 0 radical (unpaired) electrons. The molecule has 0 aromatic heterocycles. The van der Waals surface area contributed by atoms with E-state index < -0.39 is 7.51 Å². The van der Waals surface area contributed by atoms with Gasteiger partial charge in [-0.1, -0.05) is 13.8 Å². The number of rotatable bonds is 3. The molecule has 0 aromatic carbocycles. The fraction of sp³-hybridized carbons (Fsp3) is 1.00. The highest BCUT2D eigenvalue weighted by atomic mass is 31.2. The van der Waals surface area contributed by atoms with Crippen LogP contribution < -0.4 is 5.09 Å². The van der Waals surface area contributed by atoms with Crippen molar-refractivity contribution in [1.82, 2.24) is 9.76 Å². The average Bonchev–Trinajstić information content (AvgIpc) is 2.21. The van der Waals surface area contributed by atoms with Crippen LogP contribution in [-0.2, 0) is 0 Å². The lowest BCUT2D eigenvalue weighted by Crippen LogP contribution is -2.52. The van der Waals surface area contributed by atoms with Crippen LogP contribution in [0.25, 0.3) is 0 Å². The predicted molar refractivity (Wildman–Crippen MR) is 81.6 cm³/mol. The van der Waals surface area contributed by atoms with Crippen molar-refractivity contribution in [2.45, 2.75) is 46.6 Å². The number of quaternary nitrogens is 1. The molecule has 0 saturated carbocycles. The van der Waals surface area contributed by atoms with Gasteiger partial charge in [0, 0.05) is 26.1 Å². The van der Waals surface area contributed by atoms with Gasteiger partial charge in [0.1, 0.15) is 0 Å². The minimum Gasteiger partial charge on any atom is -0.280 e. The Morgan fingerprint density at radius 1 is 1.22 bits per heavy atom. The minimum atomic E-state index is -1.68. The standard InChI is InChI=1S/C13H32N4P/c1-8-16(9-2)18(15-13(3,4)5)14-11-10-12-17(18,6)7/h14H,8-12H2,1-7H3/q+1. The Hall–Kier alpha value is 0.110. The molecule has 5 heteroatoms. The van der Waals surface area contributed by atoms with E-state index in [0.29, 0.717) is 0 Å². The zero-order valence-electron chi connectivity index (χ0n) is 13.3. The van der Waals surface area contributed by atoms with Crippen molar-refractivity contribution in [2.24, 2.45) is 4.74 Å². The second-order valence-corrected chi connectivity index (χ2v) is 9.89. The van der Waals surface area contributed by atoms with Gasteiger partial charge in [-0.05, 0) is 20.8 Å². The van der Waals surface area contributed by atoms with Crippen LogP contribution in [0.15, 0.2) is 4.74 Å². The van der Waals surface area contributed by atoms with Gasteiger partial charge >= 0.3 is 0 Å². The summed E-state index contributed by atoms with van der Waals surface area (Å²) in [6.07, 6.45) is 1.25. The molecule has 1 aliphatic rings. The van der Waals surface area contributed by atoms with Gasteiger partial charge in [0.2, 0.25) is 0 Å². The first kappa shape index (κ1) is 16.2. The van der Waals surface area contributed by atoms with Crippen molar-refractivity contribution in [3.63, 3.8) is 0 Å². The first-order valence-corrected chi connectivity index (χ1v) is 8.81. The Morgan fingerprint density at radius 2 is 1.78 bits per heavy atom. The van der Waals surface area contributed by atoms with E-state index >= 15 is 0 Å². The first-order valence-electron chi connectivity index (χ1n) is 7.16. The molecule has 1 fully saturated rings. The molecular weight excluding hydrogens is 243 g/mol. The molecule has 0 bridgehead atoms. The fourth-order valence-electron chi connectivity index (χ4n) is 2.72. The molecular formula is C13H32N4P+. The van der Waals surface area contributed by atoms with Crippen molar-refractivity contribution in [2.75, 3.05) is 40.3 Å². The fourth-order valence-corrected chi connectivity index (χ4v) is 6.94. The lowest BCUT2D eigenvalue weighted by atomic mass is 10.1. The zero-order valence-corrected chi connectivity index (χ0v) is 14.2. The summed E-state index contributed by atoms with van der Waals surface area (Å²) < 4.78 is 8.87. The summed E-state index contributed by atoms with van der Waals surface area (Å²) in [5.74, 6) is 0. The van der Waals surface area contributed by atoms with Gasteiger partial charge in [0.25, 0.3) is 7.51 Å². The van der Waals surface area contributed by atoms with Gasteiger partial charge in [0.15, 0.2) is 0 Å². The van der Waals surface area contributed by atoms with Crippen LogP contribution in [0.3, 0.4) is 0 Å². The maximum absolute atomic E-state index is 5.29. The molecule has 0 spiro atoms. The maximum Gasteiger partial charge on any atom is 0.282 e. The summed E-state index contributed by atoms with van der Waals surface area (Å²) >= 11 is 0. The molecule has 1 unspecified atom stereocenters. The molecule has 1 heterocycles. The zero-order chi connectivity index (χ0) is 14.0. The number of hydrogen-bond donors (Lipinski definition) is 1. The number of hydrogen-bond acceptors (Lipinski definition) is 1. The van der Waals surface area contributed by atoms with E-state index in [4.69, 9.17) is 4.74 Å². The molecule has 0 aromatic rings. The molecule has 1 rings (SSSR count). The number of nitrogens with zero attached hydrogens (tertiary/aromatic N) is 3. The molecule has 108 valence electrons. The molecule has 4 nitrogen and oxygen atoms in total. The van der Waals surface area contributed by atoms with E-state index in [-0.39, 0.29) is 5.54 Å². The Labute approximate surface area is 114 Å². The van der Waals surface area contributed by atoms with Crippen molar-refractivity contribution in [1.29, 1.82) is 0 Å². The van der Waals surface area contributed by atoms with Crippen LogP contribution in [-0.4, -0.2) is 54.7 Å². The Balaban J connectivity index is 3.37. The smallest absolute Gasteiger partial charge is 0.280 e. The minimum absolute atomic E-state index is 0.0101. The summed E-state index contributed by atoms with van der Waals surface area (Å²) in [6.45, 7) is 15.6. The van der Waals surface area contributed by atoms with Crippen LogP contribution >= 0.6 is 7.51 Å². The van der Waals surface area contributed by atoms with Crippen molar-refractivity contribution >= 4 is 7.51 Å². The van der Waals surface area contributed by atoms with Gasteiger partial charge in [0.05, 0.1) is 26.2 Å². The predicted octanol–water partition coefficient (Wildman–Crippen LogP) is 3.14. The van der Waals surface area contributed by atoms with E-state index in [1.807, 2.05) is 0 Å². The third kappa shape index (κ3) is 3.16. The lowest BCUT2D eigenvalue weighted by Gasteiger charge is -2.50. The van der Waals surface area contributed by atoms with Crippen LogP contribution in [0, 0.1) is 0 Å². The summed E-state index contributed by atoms with van der Waals surface area (Å²) in [5, 5.41) is 3.82. The van der Waals surface area contributed by atoms with Gasteiger partial charge in [-0.25, -0.2) is 14.5 Å². The second kappa shape index (κ2) is 5.62. The van der Waals surface area contributed by atoms with Crippen LogP contribution in [0.2, 0.25) is 0 Å². The summed E-state index contributed by atoms with van der Waals surface area (Å²) in [6, 6.07) is 0. The van der Waals surface area contributed by atoms with Gasteiger partial charge in [-0.15, -0.1) is 0 Å². The maximum atomic E-state index is 5.29. The van der Waals surface area contributed by atoms with E-state index in [1.54, 1.807) is 0 Å². The van der Waals surface area contributed by atoms with Crippen molar-refractivity contribution < 1.29 is 4.25 Å². The normalized spacial score (nSPS) is 28.4. The van der Waals surface area contributed by atoms with Crippen LogP contribution in [0.4, 0.5) is 0 Å². The molecule has 0 aliphatic carbocycles. The highest BCUT2D eigenvalue weighted by Crippen LogP contribution is 2.59. The van der Waals surface area contributed by atoms with Crippen molar-refractivity contribution in [3.8, 4) is 0 Å².